The SMILES string of the molecule is CC1C[S+]([O-])C=CN1. The molecule has 0 spiro atoms. The standard InChI is InChI=1S/C5H9NOS/c1-5-4-8(7)3-2-6-5/h2-3,5-6H,4H2,1H3. The zero-order chi connectivity index (χ0) is 5.98. The first-order chi connectivity index (χ1) is 3.79. The maximum absolute atomic E-state index is 10.7. The molecule has 1 aliphatic rings. The predicted octanol–water partition coefficient (Wildman–Crippen LogP) is 0.198. The van der Waals surface area contributed by atoms with E-state index in [1.165, 1.54) is 0 Å². The molecule has 3 heteroatoms. The Kier molecular flexibility index (Phi) is 1.81. The first-order valence-electron chi connectivity index (χ1n) is 2.59. The summed E-state index contributed by atoms with van der Waals surface area (Å²) in [5, 5.41) is 4.72. The third kappa shape index (κ3) is 1.42. The minimum atomic E-state index is -0.713. The van der Waals surface area contributed by atoms with E-state index in [1.807, 2.05) is 6.92 Å². The van der Waals surface area contributed by atoms with Crippen LogP contribution in [0, 0.1) is 0 Å². The van der Waals surface area contributed by atoms with Gasteiger partial charge in [-0.15, -0.1) is 0 Å². The number of hydrogen-bond acceptors (Lipinski definition) is 2. The smallest absolute Gasteiger partial charge is 0.132 e. The van der Waals surface area contributed by atoms with Crippen molar-refractivity contribution in [3.05, 3.63) is 11.6 Å². The Morgan fingerprint density at radius 3 is 3.00 bits per heavy atom. The molecule has 0 fully saturated rings. The molecule has 1 aliphatic heterocycles. The molecule has 46 valence electrons. The molecule has 1 heterocycles. The van der Waals surface area contributed by atoms with E-state index >= 15 is 0 Å². The summed E-state index contributed by atoms with van der Waals surface area (Å²) in [4.78, 5) is 0. The van der Waals surface area contributed by atoms with Crippen molar-refractivity contribution in [2.24, 2.45) is 0 Å². The summed E-state index contributed by atoms with van der Waals surface area (Å²) in [5.41, 5.74) is 0. The lowest BCUT2D eigenvalue weighted by Crippen LogP contribution is -2.32. The first kappa shape index (κ1) is 5.98. The number of rotatable bonds is 0. The van der Waals surface area contributed by atoms with Crippen molar-refractivity contribution >= 4 is 11.2 Å². The fourth-order valence-corrected chi connectivity index (χ4v) is 1.56. The molecule has 0 radical (unpaired) electrons. The maximum Gasteiger partial charge on any atom is 0.132 e. The van der Waals surface area contributed by atoms with Crippen LogP contribution in [0.25, 0.3) is 0 Å². The molecular weight excluding hydrogens is 122 g/mol. The molecule has 1 N–H and O–H groups in total. The molecule has 2 unspecified atom stereocenters. The highest BCUT2D eigenvalue weighted by Crippen LogP contribution is 2.00. The van der Waals surface area contributed by atoms with Gasteiger partial charge in [0.1, 0.15) is 11.2 Å². The Hall–Kier alpha value is -0.150. The van der Waals surface area contributed by atoms with Crippen molar-refractivity contribution in [2.45, 2.75) is 13.0 Å². The van der Waals surface area contributed by atoms with Gasteiger partial charge in [0, 0.05) is 6.20 Å². The lowest BCUT2D eigenvalue weighted by Gasteiger charge is -2.16. The van der Waals surface area contributed by atoms with Gasteiger partial charge in [0.25, 0.3) is 0 Å². The molecule has 0 saturated heterocycles. The average molecular weight is 131 g/mol. The maximum atomic E-state index is 10.7. The van der Waals surface area contributed by atoms with E-state index < -0.39 is 11.2 Å². The van der Waals surface area contributed by atoms with Crippen LogP contribution in [-0.4, -0.2) is 16.3 Å². The van der Waals surface area contributed by atoms with Gasteiger partial charge in [-0.25, -0.2) is 0 Å². The second-order valence-corrected chi connectivity index (χ2v) is 3.28. The summed E-state index contributed by atoms with van der Waals surface area (Å²) >= 11 is -0.713. The quantitative estimate of drug-likeness (QED) is 0.476. The highest BCUT2D eigenvalue weighted by Gasteiger charge is 2.11. The van der Waals surface area contributed by atoms with Crippen LogP contribution in [0.5, 0.6) is 0 Å². The molecule has 1 rings (SSSR count). The molecule has 0 aromatic heterocycles. The van der Waals surface area contributed by atoms with Crippen LogP contribution in [0.3, 0.4) is 0 Å². The van der Waals surface area contributed by atoms with Gasteiger partial charge in [0.05, 0.1) is 6.04 Å². The molecule has 2 nitrogen and oxygen atoms in total. The van der Waals surface area contributed by atoms with Crippen molar-refractivity contribution < 1.29 is 4.55 Å². The molecule has 0 aliphatic carbocycles. The molecule has 0 saturated carbocycles. The molecule has 8 heavy (non-hydrogen) atoms. The zero-order valence-electron chi connectivity index (χ0n) is 4.76. The Labute approximate surface area is 52.1 Å². The highest BCUT2D eigenvalue weighted by atomic mass is 32.2. The van der Waals surface area contributed by atoms with Gasteiger partial charge in [-0.05, 0) is 18.1 Å². The highest BCUT2D eigenvalue weighted by molar-refractivity contribution is 7.94. The Morgan fingerprint density at radius 1 is 1.88 bits per heavy atom. The van der Waals surface area contributed by atoms with Gasteiger partial charge in [0.2, 0.25) is 0 Å². The number of hydrogen-bond donors (Lipinski definition) is 1. The fourth-order valence-electron chi connectivity index (χ4n) is 0.630. The van der Waals surface area contributed by atoms with Gasteiger partial charge in [-0.2, -0.15) is 0 Å². The fraction of sp³-hybridized carbons (Fsp3) is 0.600. The minimum Gasteiger partial charge on any atom is -0.612 e. The molecule has 0 amide bonds. The molecule has 0 aromatic rings. The van der Waals surface area contributed by atoms with Crippen molar-refractivity contribution in [1.82, 2.24) is 5.32 Å². The third-order valence-corrected chi connectivity index (χ3v) is 2.28. The van der Waals surface area contributed by atoms with E-state index in [0.717, 1.165) is 5.75 Å². The van der Waals surface area contributed by atoms with Crippen LogP contribution in [0.1, 0.15) is 6.92 Å². The normalized spacial score (nSPS) is 36.8. The summed E-state index contributed by atoms with van der Waals surface area (Å²) in [6.07, 6.45) is 1.75. The second-order valence-electron chi connectivity index (χ2n) is 1.92. The average Bonchev–Trinajstić information content (AvgIpc) is 1.64. The summed E-state index contributed by atoms with van der Waals surface area (Å²) < 4.78 is 10.7. The molecule has 0 aromatic carbocycles. The van der Waals surface area contributed by atoms with Crippen LogP contribution in [0.15, 0.2) is 11.6 Å². The van der Waals surface area contributed by atoms with Gasteiger partial charge in [0.15, 0.2) is 0 Å². The van der Waals surface area contributed by atoms with Crippen LogP contribution in [0.4, 0.5) is 0 Å². The Balaban J connectivity index is 2.42. The third-order valence-electron chi connectivity index (χ3n) is 1.01. The summed E-state index contributed by atoms with van der Waals surface area (Å²) in [7, 11) is 0. The van der Waals surface area contributed by atoms with Gasteiger partial charge < -0.3 is 9.87 Å². The van der Waals surface area contributed by atoms with Crippen molar-refractivity contribution in [3.63, 3.8) is 0 Å². The Morgan fingerprint density at radius 2 is 2.62 bits per heavy atom. The van der Waals surface area contributed by atoms with Crippen LogP contribution in [0.2, 0.25) is 0 Å². The number of nitrogens with one attached hydrogen (secondary N) is 1. The van der Waals surface area contributed by atoms with Crippen LogP contribution >= 0.6 is 0 Å². The van der Waals surface area contributed by atoms with Gasteiger partial charge >= 0.3 is 0 Å². The van der Waals surface area contributed by atoms with E-state index in [-0.39, 0.29) is 0 Å². The lowest BCUT2D eigenvalue weighted by atomic mass is 10.4. The van der Waals surface area contributed by atoms with Crippen molar-refractivity contribution in [3.8, 4) is 0 Å². The van der Waals surface area contributed by atoms with E-state index in [1.54, 1.807) is 11.6 Å². The second kappa shape index (κ2) is 2.42. The van der Waals surface area contributed by atoms with E-state index in [9.17, 15) is 4.55 Å². The first-order valence-corrected chi connectivity index (χ1v) is 3.97. The Bertz CT molecular complexity index is 105. The molecular formula is C5H9NOS. The summed E-state index contributed by atoms with van der Waals surface area (Å²) in [6.45, 7) is 2.02. The molecule has 0 bridgehead atoms. The van der Waals surface area contributed by atoms with Crippen LogP contribution < -0.4 is 5.32 Å². The van der Waals surface area contributed by atoms with Crippen LogP contribution in [-0.2, 0) is 11.2 Å². The zero-order valence-corrected chi connectivity index (χ0v) is 5.57. The monoisotopic (exact) mass is 131 g/mol. The van der Waals surface area contributed by atoms with Gasteiger partial charge in [-0.3, -0.25) is 0 Å². The minimum absolute atomic E-state index is 0.376. The van der Waals surface area contributed by atoms with Crippen molar-refractivity contribution in [1.29, 1.82) is 0 Å². The van der Waals surface area contributed by atoms with Gasteiger partial charge in [-0.1, -0.05) is 0 Å². The predicted molar refractivity (Wildman–Crippen MR) is 34.7 cm³/mol. The van der Waals surface area contributed by atoms with E-state index in [2.05, 4.69) is 5.32 Å². The lowest BCUT2D eigenvalue weighted by molar-refractivity contribution is 0.584. The van der Waals surface area contributed by atoms with Crippen molar-refractivity contribution in [2.75, 3.05) is 5.75 Å². The summed E-state index contributed by atoms with van der Waals surface area (Å²) in [5.74, 6) is 0.747. The largest absolute Gasteiger partial charge is 0.612 e. The van der Waals surface area contributed by atoms with E-state index in [4.69, 9.17) is 0 Å². The molecule has 2 atom stereocenters. The summed E-state index contributed by atoms with van der Waals surface area (Å²) in [6, 6.07) is 0.376. The topological polar surface area (TPSA) is 35.1 Å². The van der Waals surface area contributed by atoms with E-state index in [0.29, 0.717) is 6.04 Å².